The molecule has 0 radical (unpaired) electrons. The number of aryl methyl sites for hydroxylation is 1. The second-order valence-electron chi connectivity index (χ2n) is 4.61. The number of carbonyl (C=O) groups excluding carboxylic acids is 2. The van der Waals surface area contributed by atoms with Gasteiger partial charge in [0.15, 0.2) is 0 Å². The first-order valence-corrected chi connectivity index (χ1v) is 7.49. The maximum atomic E-state index is 12.0. The van der Waals surface area contributed by atoms with Crippen LogP contribution in [0.2, 0.25) is 0 Å². The van der Waals surface area contributed by atoms with Crippen molar-refractivity contribution in [1.82, 2.24) is 5.32 Å². The average molecular weight is 294 g/mol. The Morgan fingerprint density at radius 2 is 2.35 bits per heavy atom. The summed E-state index contributed by atoms with van der Waals surface area (Å²) in [7, 11) is 1.56. The van der Waals surface area contributed by atoms with Gasteiger partial charge >= 0.3 is 0 Å². The third kappa shape index (κ3) is 3.66. The Bertz CT molecular complexity index is 519. The van der Waals surface area contributed by atoms with Crippen LogP contribution in [0, 0.1) is 6.92 Å². The topological polar surface area (TPSA) is 67.4 Å². The first kappa shape index (κ1) is 14.7. The second kappa shape index (κ2) is 6.65. The van der Waals surface area contributed by atoms with Gasteiger partial charge in [-0.2, -0.15) is 0 Å². The summed E-state index contributed by atoms with van der Waals surface area (Å²) in [5, 5.41) is 5.28. The number of hydrogen-bond donors (Lipinski definition) is 2. The van der Waals surface area contributed by atoms with E-state index in [1.54, 1.807) is 7.11 Å². The molecule has 1 aliphatic rings. The zero-order valence-corrected chi connectivity index (χ0v) is 12.4. The van der Waals surface area contributed by atoms with Gasteiger partial charge in [-0.1, -0.05) is 6.07 Å². The molecule has 1 atom stereocenters. The van der Waals surface area contributed by atoms with Gasteiger partial charge in [-0.05, 0) is 24.6 Å². The molecule has 1 fully saturated rings. The fourth-order valence-electron chi connectivity index (χ4n) is 2.01. The summed E-state index contributed by atoms with van der Waals surface area (Å²) in [6.45, 7) is 2.62. The molecule has 1 aromatic rings. The molecule has 2 amide bonds. The van der Waals surface area contributed by atoms with Gasteiger partial charge < -0.3 is 15.4 Å². The van der Waals surface area contributed by atoms with Crippen molar-refractivity contribution in [2.45, 2.75) is 18.6 Å². The number of thioether (sulfide) groups is 1. The van der Waals surface area contributed by atoms with Crippen LogP contribution in [0.25, 0.3) is 0 Å². The zero-order chi connectivity index (χ0) is 14.5. The molecule has 0 aliphatic carbocycles. The number of amides is 2. The van der Waals surface area contributed by atoms with Crippen molar-refractivity contribution in [3.05, 3.63) is 23.8 Å². The summed E-state index contributed by atoms with van der Waals surface area (Å²) in [5.74, 6) is 1.22. The van der Waals surface area contributed by atoms with Crippen LogP contribution in [0.1, 0.15) is 12.0 Å². The van der Waals surface area contributed by atoms with Gasteiger partial charge in [0.2, 0.25) is 11.8 Å². The highest BCUT2D eigenvalue weighted by Gasteiger charge is 2.25. The van der Waals surface area contributed by atoms with Gasteiger partial charge in [-0.25, -0.2) is 0 Å². The van der Waals surface area contributed by atoms with Gasteiger partial charge in [0.25, 0.3) is 0 Å². The smallest absolute Gasteiger partial charge is 0.233 e. The third-order valence-corrected chi connectivity index (χ3v) is 4.24. The summed E-state index contributed by atoms with van der Waals surface area (Å²) in [4.78, 5) is 23.7. The van der Waals surface area contributed by atoms with Gasteiger partial charge in [0.1, 0.15) is 5.75 Å². The summed E-state index contributed by atoms with van der Waals surface area (Å²) < 4.78 is 5.21. The lowest BCUT2D eigenvalue weighted by atomic mass is 10.2. The molecule has 5 nitrogen and oxygen atoms in total. The zero-order valence-electron chi connectivity index (χ0n) is 11.6. The van der Waals surface area contributed by atoms with E-state index >= 15 is 0 Å². The lowest BCUT2D eigenvalue weighted by Crippen LogP contribution is -2.40. The van der Waals surface area contributed by atoms with Crippen LogP contribution < -0.4 is 15.4 Å². The third-order valence-electron chi connectivity index (χ3n) is 3.01. The molecule has 6 heteroatoms. The standard InChI is InChI=1S/C14H18N2O3S/c1-9-3-4-11(19-2)10(7-9)16-13(17)8-12-14(18)15-5-6-20-12/h3-4,7,12H,5-6,8H2,1-2H3,(H,15,18)(H,16,17)/t12-/m0/s1. The number of benzene rings is 1. The van der Waals surface area contributed by atoms with Gasteiger partial charge in [-0.3, -0.25) is 9.59 Å². The van der Waals surface area contributed by atoms with E-state index in [2.05, 4.69) is 10.6 Å². The molecule has 108 valence electrons. The normalized spacial score (nSPS) is 18.3. The van der Waals surface area contributed by atoms with E-state index in [1.807, 2.05) is 25.1 Å². The number of methoxy groups -OCH3 is 1. The minimum Gasteiger partial charge on any atom is -0.495 e. The Morgan fingerprint density at radius 3 is 3.05 bits per heavy atom. The number of nitrogens with one attached hydrogen (secondary N) is 2. The highest BCUT2D eigenvalue weighted by Crippen LogP contribution is 2.26. The fraction of sp³-hybridized carbons (Fsp3) is 0.429. The van der Waals surface area contributed by atoms with Gasteiger partial charge in [-0.15, -0.1) is 11.8 Å². The number of ether oxygens (including phenoxy) is 1. The molecule has 2 N–H and O–H groups in total. The largest absolute Gasteiger partial charge is 0.495 e. The molecule has 0 spiro atoms. The van der Waals surface area contributed by atoms with Gasteiger partial charge in [0.05, 0.1) is 18.0 Å². The van der Waals surface area contributed by atoms with Crippen molar-refractivity contribution in [3.8, 4) is 5.75 Å². The van der Waals surface area contributed by atoms with E-state index in [0.717, 1.165) is 11.3 Å². The first-order chi connectivity index (χ1) is 9.60. The van der Waals surface area contributed by atoms with E-state index in [0.29, 0.717) is 18.0 Å². The van der Waals surface area contributed by atoms with E-state index in [9.17, 15) is 9.59 Å². The highest BCUT2D eigenvalue weighted by molar-refractivity contribution is 8.00. The predicted molar refractivity (Wildman–Crippen MR) is 80.2 cm³/mol. The van der Waals surface area contributed by atoms with Crippen LogP contribution in [0.5, 0.6) is 5.75 Å². The van der Waals surface area contributed by atoms with E-state index in [1.165, 1.54) is 11.8 Å². The minimum absolute atomic E-state index is 0.0624. The van der Waals surface area contributed by atoms with E-state index < -0.39 is 0 Å². The van der Waals surface area contributed by atoms with Crippen molar-refractivity contribution in [2.75, 3.05) is 24.7 Å². The number of carbonyl (C=O) groups is 2. The Morgan fingerprint density at radius 1 is 1.55 bits per heavy atom. The molecule has 1 aromatic carbocycles. The van der Waals surface area contributed by atoms with E-state index in [4.69, 9.17) is 4.74 Å². The fourth-order valence-corrected chi connectivity index (χ4v) is 3.01. The minimum atomic E-state index is -0.306. The highest BCUT2D eigenvalue weighted by atomic mass is 32.2. The number of hydrogen-bond acceptors (Lipinski definition) is 4. The molecule has 2 rings (SSSR count). The van der Waals surface area contributed by atoms with Crippen LogP contribution >= 0.6 is 11.8 Å². The monoisotopic (exact) mass is 294 g/mol. The van der Waals surface area contributed by atoms with Crippen LogP contribution in [0.3, 0.4) is 0 Å². The van der Waals surface area contributed by atoms with Crippen LogP contribution in [0.15, 0.2) is 18.2 Å². The molecule has 20 heavy (non-hydrogen) atoms. The molecule has 0 aromatic heterocycles. The SMILES string of the molecule is COc1ccc(C)cc1NC(=O)C[C@@H]1SCCNC1=O. The number of anilines is 1. The van der Waals surface area contributed by atoms with E-state index in [-0.39, 0.29) is 23.5 Å². The molecule has 0 unspecified atom stereocenters. The lowest BCUT2D eigenvalue weighted by molar-refractivity contribution is -0.123. The molecule has 1 aliphatic heterocycles. The van der Waals surface area contributed by atoms with Gasteiger partial charge in [0, 0.05) is 18.7 Å². The quantitative estimate of drug-likeness (QED) is 0.884. The van der Waals surface area contributed by atoms with Crippen LogP contribution in [0.4, 0.5) is 5.69 Å². The Balaban J connectivity index is 2.00. The molecule has 1 heterocycles. The second-order valence-corrected chi connectivity index (χ2v) is 5.92. The molecular formula is C14H18N2O3S. The summed E-state index contributed by atoms with van der Waals surface area (Å²) in [6, 6.07) is 5.58. The Hall–Kier alpha value is -1.69. The maximum absolute atomic E-state index is 12.0. The maximum Gasteiger partial charge on any atom is 0.233 e. The van der Waals surface area contributed by atoms with Crippen LogP contribution in [-0.2, 0) is 9.59 Å². The molecule has 0 saturated carbocycles. The summed E-state index contributed by atoms with van der Waals surface area (Å²) in [5.41, 5.74) is 1.67. The first-order valence-electron chi connectivity index (χ1n) is 6.44. The summed E-state index contributed by atoms with van der Waals surface area (Å²) >= 11 is 1.52. The molecule has 0 bridgehead atoms. The Kier molecular flexibility index (Phi) is 4.89. The number of rotatable bonds is 4. The van der Waals surface area contributed by atoms with Crippen LogP contribution in [-0.4, -0.2) is 36.5 Å². The van der Waals surface area contributed by atoms with Crippen molar-refractivity contribution in [3.63, 3.8) is 0 Å². The molecule has 1 saturated heterocycles. The Labute approximate surface area is 122 Å². The lowest BCUT2D eigenvalue weighted by Gasteiger charge is -2.21. The summed E-state index contributed by atoms with van der Waals surface area (Å²) in [6.07, 6.45) is 0.174. The predicted octanol–water partition coefficient (Wildman–Crippen LogP) is 1.56. The van der Waals surface area contributed by atoms with Crippen molar-refractivity contribution in [1.29, 1.82) is 0 Å². The van der Waals surface area contributed by atoms with Crippen molar-refractivity contribution >= 4 is 29.3 Å². The van der Waals surface area contributed by atoms with Crippen molar-refractivity contribution in [2.24, 2.45) is 0 Å². The average Bonchev–Trinajstić information content (AvgIpc) is 2.41. The molecular weight excluding hydrogens is 276 g/mol. The van der Waals surface area contributed by atoms with Crippen molar-refractivity contribution < 1.29 is 14.3 Å².